The number of rotatable bonds is 3. The molecule has 0 aliphatic carbocycles. The minimum absolute atomic E-state index is 0.111. The SMILES string of the molecule is Cc1nc(Cl)ccc1NC(=O)Cc1cccc(F)c1. The highest BCUT2D eigenvalue weighted by atomic mass is 35.5. The lowest BCUT2D eigenvalue weighted by Crippen LogP contribution is -2.15. The van der Waals surface area contributed by atoms with Crippen molar-refractivity contribution in [2.45, 2.75) is 13.3 Å². The van der Waals surface area contributed by atoms with Crippen LogP contribution in [0.4, 0.5) is 10.1 Å². The van der Waals surface area contributed by atoms with Crippen molar-refractivity contribution in [1.82, 2.24) is 4.98 Å². The van der Waals surface area contributed by atoms with Crippen LogP contribution >= 0.6 is 11.6 Å². The lowest BCUT2D eigenvalue weighted by molar-refractivity contribution is -0.115. The minimum Gasteiger partial charge on any atom is -0.324 e. The van der Waals surface area contributed by atoms with Crippen LogP contribution < -0.4 is 5.32 Å². The fourth-order valence-electron chi connectivity index (χ4n) is 1.69. The summed E-state index contributed by atoms with van der Waals surface area (Å²) < 4.78 is 13.0. The molecule has 0 unspecified atom stereocenters. The van der Waals surface area contributed by atoms with Gasteiger partial charge in [-0.2, -0.15) is 0 Å². The van der Waals surface area contributed by atoms with E-state index >= 15 is 0 Å². The number of halogens is 2. The minimum atomic E-state index is -0.352. The van der Waals surface area contributed by atoms with Crippen LogP contribution in [-0.2, 0) is 11.2 Å². The third-order valence-electron chi connectivity index (χ3n) is 2.58. The van der Waals surface area contributed by atoms with E-state index in [1.54, 1.807) is 31.2 Å². The molecule has 98 valence electrons. The first-order valence-electron chi connectivity index (χ1n) is 5.72. The van der Waals surface area contributed by atoms with Gasteiger partial charge in [0, 0.05) is 0 Å². The Hall–Kier alpha value is -1.94. The highest BCUT2D eigenvalue weighted by molar-refractivity contribution is 6.29. The van der Waals surface area contributed by atoms with Crippen molar-refractivity contribution in [3.8, 4) is 0 Å². The summed E-state index contributed by atoms with van der Waals surface area (Å²) in [4.78, 5) is 15.9. The molecule has 1 amide bonds. The predicted molar refractivity (Wildman–Crippen MR) is 72.7 cm³/mol. The lowest BCUT2D eigenvalue weighted by atomic mass is 10.1. The van der Waals surface area contributed by atoms with Crippen molar-refractivity contribution in [1.29, 1.82) is 0 Å². The summed E-state index contributed by atoms with van der Waals surface area (Å²) in [5, 5.41) is 3.10. The Morgan fingerprint density at radius 1 is 1.37 bits per heavy atom. The van der Waals surface area contributed by atoms with Gasteiger partial charge in [-0.1, -0.05) is 23.7 Å². The van der Waals surface area contributed by atoms with Gasteiger partial charge >= 0.3 is 0 Å². The Kier molecular flexibility index (Phi) is 4.12. The normalized spacial score (nSPS) is 10.3. The summed E-state index contributed by atoms with van der Waals surface area (Å²) in [6.45, 7) is 1.75. The van der Waals surface area contributed by atoms with Gasteiger partial charge in [-0.25, -0.2) is 9.37 Å². The fraction of sp³-hybridized carbons (Fsp3) is 0.143. The molecule has 0 aliphatic rings. The molecule has 1 heterocycles. The van der Waals surface area contributed by atoms with Gasteiger partial charge in [0.1, 0.15) is 11.0 Å². The topological polar surface area (TPSA) is 42.0 Å². The van der Waals surface area contributed by atoms with Crippen LogP contribution in [0.3, 0.4) is 0 Å². The standard InChI is InChI=1S/C14H12ClFN2O/c1-9-12(5-6-13(15)17-9)18-14(19)8-10-3-2-4-11(16)7-10/h2-7H,8H2,1H3,(H,18,19). The molecule has 0 saturated heterocycles. The van der Waals surface area contributed by atoms with Gasteiger partial charge in [-0.3, -0.25) is 4.79 Å². The van der Waals surface area contributed by atoms with Crippen molar-refractivity contribution < 1.29 is 9.18 Å². The number of pyridine rings is 1. The number of hydrogen-bond donors (Lipinski definition) is 1. The molecule has 0 fully saturated rings. The lowest BCUT2D eigenvalue weighted by Gasteiger charge is -2.08. The van der Waals surface area contributed by atoms with Gasteiger partial charge in [-0.05, 0) is 36.8 Å². The predicted octanol–water partition coefficient (Wildman–Crippen LogP) is 3.36. The Balaban J connectivity index is 2.05. The molecule has 1 N–H and O–H groups in total. The molecule has 0 radical (unpaired) electrons. The average Bonchev–Trinajstić information content (AvgIpc) is 2.33. The van der Waals surface area contributed by atoms with Gasteiger partial charge < -0.3 is 5.32 Å². The van der Waals surface area contributed by atoms with Crippen molar-refractivity contribution in [3.05, 3.63) is 58.6 Å². The first-order valence-corrected chi connectivity index (χ1v) is 6.10. The number of nitrogens with one attached hydrogen (secondary N) is 1. The van der Waals surface area contributed by atoms with E-state index in [1.807, 2.05) is 0 Å². The van der Waals surface area contributed by atoms with Crippen LogP contribution in [0.2, 0.25) is 5.15 Å². The van der Waals surface area contributed by atoms with Gasteiger partial charge in [0.25, 0.3) is 0 Å². The van der Waals surface area contributed by atoms with E-state index in [1.165, 1.54) is 12.1 Å². The van der Waals surface area contributed by atoms with E-state index in [9.17, 15) is 9.18 Å². The van der Waals surface area contributed by atoms with Crippen molar-refractivity contribution in [2.24, 2.45) is 0 Å². The van der Waals surface area contributed by atoms with Crippen molar-refractivity contribution in [2.75, 3.05) is 5.32 Å². The monoisotopic (exact) mass is 278 g/mol. The molecule has 1 aromatic carbocycles. The van der Waals surface area contributed by atoms with Crippen LogP contribution in [0, 0.1) is 12.7 Å². The Labute approximate surface area is 115 Å². The maximum absolute atomic E-state index is 13.0. The molecule has 0 bridgehead atoms. The Morgan fingerprint density at radius 3 is 2.84 bits per heavy atom. The third-order valence-corrected chi connectivity index (χ3v) is 2.79. The number of benzene rings is 1. The fourth-order valence-corrected chi connectivity index (χ4v) is 1.88. The summed E-state index contributed by atoms with van der Waals surface area (Å²) in [6.07, 6.45) is 0.111. The molecule has 3 nitrogen and oxygen atoms in total. The van der Waals surface area contributed by atoms with Crippen LogP contribution in [0.25, 0.3) is 0 Å². The van der Waals surface area contributed by atoms with E-state index in [0.29, 0.717) is 22.1 Å². The molecular formula is C14H12ClFN2O. The number of anilines is 1. The number of amides is 1. The number of nitrogens with zero attached hydrogens (tertiary/aromatic N) is 1. The summed E-state index contributed by atoms with van der Waals surface area (Å²) in [7, 11) is 0. The number of hydrogen-bond acceptors (Lipinski definition) is 2. The highest BCUT2D eigenvalue weighted by Gasteiger charge is 2.07. The maximum Gasteiger partial charge on any atom is 0.228 e. The average molecular weight is 279 g/mol. The second-order valence-electron chi connectivity index (χ2n) is 4.12. The molecule has 0 aliphatic heterocycles. The van der Waals surface area contributed by atoms with E-state index in [-0.39, 0.29) is 18.1 Å². The largest absolute Gasteiger partial charge is 0.324 e. The van der Waals surface area contributed by atoms with Crippen molar-refractivity contribution in [3.63, 3.8) is 0 Å². The van der Waals surface area contributed by atoms with Crippen LogP contribution in [0.15, 0.2) is 36.4 Å². The zero-order valence-corrected chi connectivity index (χ0v) is 11.0. The Bertz CT molecular complexity index is 616. The molecule has 2 rings (SSSR count). The number of aryl methyl sites for hydroxylation is 1. The number of carbonyl (C=O) groups excluding carboxylic acids is 1. The zero-order chi connectivity index (χ0) is 13.8. The summed E-state index contributed by atoms with van der Waals surface area (Å²) in [6, 6.07) is 9.25. The zero-order valence-electron chi connectivity index (χ0n) is 10.3. The van der Waals surface area contributed by atoms with Gasteiger partial charge in [0.05, 0.1) is 17.8 Å². The number of carbonyl (C=O) groups is 1. The van der Waals surface area contributed by atoms with Crippen LogP contribution in [0.1, 0.15) is 11.3 Å². The van der Waals surface area contributed by atoms with Gasteiger partial charge in [0.15, 0.2) is 0 Å². The molecule has 0 saturated carbocycles. The molecule has 0 spiro atoms. The quantitative estimate of drug-likeness (QED) is 0.875. The van der Waals surface area contributed by atoms with E-state index in [4.69, 9.17) is 11.6 Å². The number of aromatic nitrogens is 1. The smallest absolute Gasteiger partial charge is 0.228 e. The van der Waals surface area contributed by atoms with Crippen LogP contribution in [0.5, 0.6) is 0 Å². The molecule has 0 atom stereocenters. The second-order valence-corrected chi connectivity index (χ2v) is 4.51. The van der Waals surface area contributed by atoms with Crippen molar-refractivity contribution >= 4 is 23.2 Å². The molecule has 2 aromatic rings. The second kappa shape index (κ2) is 5.80. The molecule has 5 heteroatoms. The first kappa shape index (κ1) is 13.5. The molecular weight excluding hydrogens is 267 g/mol. The third kappa shape index (κ3) is 3.76. The van der Waals surface area contributed by atoms with E-state index in [0.717, 1.165) is 0 Å². The van der Waals surface area contributed by atoms with E-state index < -0.39 is 0 Å². The molecule has 19 heavy (non-hydrogen) atoms. The van der Waals surface area contributed by atoms with E-state index in [2.05, 4.69) is 10.3 Å². The maximum atomic E-state index is 13.0. The summed E-state index contributed by atoms with van der Waals surface area (Å²) in [5.41, 5.74) is 1.86. The Morgan fingerprint density at radius 2 is 2.16 bits per heavy atom. The van der Waals surface area contributed by atoms with Crippen LogP contribution in [-0.4, -0.2) is 10.9 Å². The first-order chi connectivity index (χ1) is 9.04. The van der Waals surface area contributed by atoms with Gasteiger partial charge in [-0.15, -0.1) is 0 Å². The molecule has 1 aromatic heterocycles. The summed E-state index contributed by atoms with van der Waals surface area (Å²) in [5.74, 6) is -0.576. The van der Waals surface area contributed by atoms with Gasteiger partial charge in [0.2, 0.25) is 5.91 Å². The summed E-state index contributed by atoms with van der Waals surface area (Å²) >= 11 is 5.74. The highest BCUT2D eigenvalue weighted by Crippen LogP contribution is 2.16.